The predicted molar refractivity (Wildman–Crippen MR) is 79.6 cm³/mol. The fourth-order valence-corrected chi connectivity index (χ4v) is 2.86. The van der Waals surface area contributed by atoms with Crippen molar-refractivity contribution in [3.8, 4) is 0 Å². The molecule has 17 heavy (non-hydrogen) atoms. The lowest BCUT2D eigenvalue weighted by Gasteiger charge is -2.05. The third kappa shape index (κ3) is 3.66. The van der Waals surface area contributed by atoms with Crippen molar-refractivity contribution in [3.05, 3.63) is 57.5 Å². The Kier molecular flexibility index (Phi) is 4.37. The maximum Gasteiger partial charge on any atom is 0.0543 e. The zero-order valence-corrected chi connectivity index (χ0v) is 12.1. The van der Waals surface area contributed by atoms with Gasteiger partial charge in [-0.25, -0.2) is 0 Å². The molecule has 0 aliphatic rings. The highest BCUT2D eigenvalue weighted by Gasteiger charge is 2.02. The predicted octanol–water partition coefficient (Wildman–Crippen LogP) is 4.98. The first-order valence-corrected chi connectivity index (χ1v) is 7.23. The number of nitrogen functional groups attached to an aromatic ring is 1. The third-order valence-electron chi connectivity index (χ3n) is 2.26. The monoisotopic (exact) mass is 327 g/mol. The van der Waals surface area contributed by atoms with Crippen LogP contribution in [0.4, 0.5) is 5.69 Å². The SMILES string of the molecule is Nc1ccc(Cl)c(SCc2ccc(Br)cc2)c1. The van der Waals surface area contributed by atoms with Crippen LogP contribution in [0, 0.1) is 0 Å². The molecule has 2 N–H and O–H groups in total. The lowest BCUT2D eigenvalue weighted by Crippen LogP contribution is -1.86. The molecule has 0 amide bonds. The molecule has 0 heterocycles. The molecule has 0 fully saturated rings. The first-order valence-electron chi connectivity index (χ1n) is 5.07. The van der Waals surface area contributed by atoms with Crippen molar-refractivity contribution in [3.63, 3.8) is 0 Å². The van der Waals surface area contributed by atoms with Gasteiger partial charge >= 0.3 is 0 Å². The van der Waals surface area contributed by atoms with Gasteiger partial charge in [0, 0.05) is 20.8 Å². The number of anilines is 1. The van der Waals surface area contributed by atoms with Crippen LogP contribution < -0.4 is 5.73 Å². The quantitative estimate of drug-likeness (QED) is 0.635. The Hall–Kier alpha value is -0.640. The normalized spacial score (nSPS) is 10.5. The van der Waals surface area contributed by atoms with E-state index < -0.39 is 0 Å². The van der Waals surface area contributed by atoms with E-state index in [1.807, 2.05) is 30.3 Å². The van der Waals surface area contributed by atoms with Gasteiger partial charge in [0.25, 0.3) is 0 Å². The molecule has 0 saturated heterocycles. The molecule has 0 spiro atoms. The van der Waals surface area contributed by atoms with Gasteiger partial charge in [-0.15, -0.1) is 11.8 Å². The molecule has 0 unspecified atom stereocenters. The van der Waals surface area contributed by atoms with Gasteiger partial charge in [0.2, 0.25) is 0 Å². The third-order valence-corrected chi connectivity index (χ3v) is 4.36. The first-order chi connectivity index (χ1) is 8.15. The molecule has 0 atom stereocenters. The average molecular weight is 329 g/mol. The zero-order valence-electron chi connectivity index (χ0n) is 8.99. The summed E-state index contributed by atoms with van der Waals surface area (Å²) in [6.07, 6.45) is 0. The number of halogens is 2. The smallest absolute Gasteiger partial charge is 0.0543 e. The van der Waals surface area contributed by atoms with E-state index in [2.05, 4.69) is 28.1 Å². The first kappa shape index (κ1) is 12.8. The average Bonchev–Trinajstić information content (AvgIpc) is 2.32. The van der Waals surface area contributed by atoms with Crippen molar-refractivity contribution < 1.29 is 0 Å². The van der Waals surface area contributed by atoms with Crippen LogP contribution in [0.5, 0.6) is 0 Å². The Morgan fingerprint density at radius 1 is 1.12 bits per heavy atom. The minimum Gasteiger partial charge on any atom is -0.399 e. The van der Waals surface area contributed by atoms with Crippen LogP contribution in [0.25, 0.3) is 0 Å². The van der Waals surface area contributed by atoms with E-state index >= 15 is 0 Å². The van der Waals surface area contributed by atoms with Crippen molar-refractivity contribution in [1.82, 2.24) is 0 Å². The highest BCUT2D eigenvalue weighted by molar-refractivity contribution is 9.10. The maximum atomic E-state index is 6.10. The highest BCUT2D eigenvalue weighted by atomic mass is 79.9. The van der Waals surface area contributed by atoms with E-state index in [1.165, 1.54) is 5.56 Å². The van der Waals surface area contributed by atoms with Gasteiger partial charge in [-0.2, -0.15) is 0 Å². The number of benzene rings is 2. The summed E-state index contributed by atoms with van der Waals surface area (Å²) in [7, 11) is 0. The van der Waals surface area contributed by atoms with Crippen molar-refractivity contribution >= 4 is 45.0 Å². The fourth-order valence-electron chi connectivity index (χ4n) is 1.37. The van der Waals surface area contributed by atoms with Gasteiger partial charge in [-0.1, -0.05) is 39.7 Å². The van der Waals surface area contributed by atoms with Gasteiger partial charge in [0.1, 0.15) is 0 Å². The van der Waals surface area contributed by atoms with Crippen LogP contribution in [0.2, 0.25) is 5.02 Å². The maximum absolute atomic E-state index is 6.10. The Morgan fingerprint density at radius 3 is 2.53 bits per heavy atom. The molecule has 88 valence electrons. The minimum absolute atomic E-state index is 0.743. The molecule has 1 nitrogen and oxygen atoms in total. The van der Waals surface area contributed by atoms with Crippen LogP contribution in [0.1, 0.15) is 5.56 Å². The molecular formula is C13H11BrClNS. The van der Waals surface area contributed by atoms with E-state index in [0.717, 1.165) is 25.8 Å². The molecule has 0 aliphatic heterocycles. The Bertz CT molecular complexity index is 513. The summed E-state index contributed by atoms with van der Waals surface area (Å²) in [6, 6.07) is 13.8. The number of thioether (sulfide) groups is 1. The van der Waals surface area contributed by atoms with Gasteiger partial charge < -0.3 is 5.73 Å². The van der Waals surface area contributed by atoms with Crippen molar-refractivity contribution in [2.75, 3.05) is 5.73 Å². The Balaban J connectivity index is 2.07. The minimum atomic E-state index is 0.743. The van der Waals surface area contributed by atoms with Crippen molar-refractivity contribution in [2.45, 2.75) is 10.6 Å². The molecule has 0 saturated carbocycles. The number of rotatable bonds is 3. The van der Waals surface area contributed by atoms with Gasteiger partial charge in [0.05, 0.1) is 5.02 Å². The molecule has 0 aromatic heterocycles. The standard InChI is InChI=1S/C13H11BrClNS/c14-10-3-1-9(2-4-10)8-17-13-7-11(16)5-6-12(13)15/h1-7H,8,16H2. The molecule has 0 aliphatic carbocycles. The second kappa shape index (κ2) is 5.80. The molecule has 0 bridgehead atoms. The number of nitrogens with two attached hydrogens (primary N) is 1. The van der Waals surface area contributed by atoms with E-state index in [1.54, 1.807) is 11.8 Å². The van der Waals surface area contributed by atoms with E-state index in [0.29, 0.717) is 0 Å². The van der Waals surface area contributed by atoms with Crippen LogP contribution in [-0.4, -0.2) is 0 Å². The summed E-state index contributed by atoms with van der Waals surface area (Å²) in [5.41, 5.74) is 7.74. The summed E-state index contributed by atoms with van der Waals surface area (Å²) in [6.45, 7) is 0. The van der Waals surface area contributed by atoms with Crippen LogP contribution >= 0.6 is 39.3 Å². The number of hydrogen-bond donors (Lipinski definition) is 1. The van der Waals surface area contributed by atoms with E-state index in [9.17, 15) is 0 Å². The molecule has 2 rings (SSSR count). The van der Waals surface area contributed by atoms with E-state index in [4.69, 9.17) is 17.3 Å². The Labute approximate surface area is 118 Å². The van der Waals surface area contributed by atoms with Gasteiger partial charge in [-0.3, -0.25) is 0 Å². The van der Waals surface area contributed by atoms with Crippen LogP contribution in [0.15, 0.2) is 51.8 Å². The molecular weight excluding hydrogens is 318 g/mol. The molecule has 2 aromatic carbocycles. The lowest BCUT2D eigenvalue weighted by molar-refractivity contribution is 1.37. The Morgan fingerprint density at radius 2 is 1.82 bits per heavy atom. The molecule has 4 heteroatoms. The summed E-state index contributed by atoms with van der Waals surface area (Å²) in [4.78, 5) is 1.02. The number of hydrogen-bond acceptors (Lipinski definition) is 2. The summed E-state index contributed by atoms with van der Waals surface area (Å²) in [5, 5.41) is 0.751. The second-order valence-electron chi connectivity index (χ2n) is 3.61. The molecule has 0 radical (unpaired) electrons. The van der Waals surface area contributed by atoms with Crippen molar-refractivity contribution in [2.24, 2.45) is 0 Å². The summed E-state index contributed by atoms with van der Waals surface area (Å²) in [5.74, 6) is 0.885. The van der Waals surface area contributed by atoms with Crippen LogP contribution in [-0.2, 0) is 5.75 Å². The lowest BCUT2D eigenvalue weighted by atomic mass is 10.2. The second-order valence-corrected chi connectivity index (χ2v) is 5.95. The van der Waals surface area contributed by atoms with Crippen LogP contribution in [0.3, 0.4) is 0 Å². The molecule has 2 aromatic rings. The zero-order chi connectivity index (χ0) is 12.3. The van der Waals surface area contributed by atoms with Gasteiger partial charge in [-0.05, 0) is 35.9 Å². The summed E-state index contributed by atoms with van der Waals surface area (Å²) < 4.78 is 1.09. The fraction of sp³-hybridized carbons (Fsp3) is 0.0769. The largest absolute Gasteiger partial charge is 0.399 e. The summed E-state index contributed by atoms with van der Waals surface area (Å²) >= 11 is 11.2. The van der Waals surface area contributed by atoms with Crippen molar-refractivity contribution in [1.29, 1.82) is 0 Å². The van der Waals surface area contributed by atoms with Gasteiger partial charge in [0.15, 0.2) is 0 Å². The van der Waals surface area contributed by atoms with E-state index in [-0.39, 0.29) is 0 Å². The topological polar surface area (TPSA) is 26.0 Å². The highest BCUT2D eigenvalue weighted by Crippen LogP contribution is 2.31.